The summed E-state index contributed by atoms with van der Waals surface area (Å²) < 4.78 is 32.4. The quantitative estimate of drug-likeness (QED) is 0.692. The number of nitrogens with zero attached hydrogens (tertiary/aromatic N) is 4. The van der Waals surface area contributed by atoms with Gasteiger partial charge in [-0.15, -0.1) is 10.2 Å². The summed E-state index contributed by atoms with van der Waals surface area (Å²) in [6.07, 6.45) is 0. The molecule has 0 unspecified atom stereocenters. The summed E-state index contributed by atoms with van der Waals surface area (Å²) in [4.78, 5) is 2.01. The molecule has 142 valence electrons. The van der Waals surface area contributed by atoms with E-state index in [4.69, 9.17) is 4.52 Å². The predicted molar refractivity (Wildman–Crippen MR) is 103 cm³/mol. The first kappa shape index (κ1) is 18.8. The number of aromatic nitrogens is 3. The highest BCUT2D eigenvalue weighted by Gasteiger charge is 2.25. The van der Waals surface area contributed by atoms with Crippen molar-refractivity contribution in [3.63, 3.8) is 0 Å². The molecule has 0 bridgehead atoms. The van der Waals surface area contributed by atoms with Gasteiger partial charge in [0.25, 0.3) is 10.0 Å². The molecular weight excluding hydrogens is 366 g/mol. The van der Waals surface area contributed by atoms with Gasteiger partial charge in [0.1, 0.15) is 5.69 Å². The average Bonchev–Trinajstić information content (AvgIpc) is 2.96. The fourth-order valence-electron chi connectivity index (χ4n) is 2.84. The van der Waals surface area contributed by atoms with Crippen molar-refractivity contribution in [1.29, 1.82) is 0 Å². The third kappa shape index (κ3) is 3.92. The Hall–Kier alpha value is -2.94. The van der Waals surface area contributed by atoms with Gasteiger partial charge in [0.2, 0.25) is 0 Å². The Labute approximate surface area is 158 Å². The molecule has 8 nitrogen and oxygen atoms in total. The summed E-state index contributed by atoms with van der Waals surface area (Å²) in [5, 5.41) is 11.9. The minimum atomic E-state index is -3.85. The molecule has 9 heteroatoms. The fraction of sp³-hybridized carbons (Fsp3) is 0.278. The second-order valence-corrected chi connectivity index (χ2v) is 7.74. The number of sulfonamides is 1. The Morgan fingerprint density at radius 3 is 2.44 bits per heavy atom. The normalized spacial score (nSPS) is 11.4. The molecule has 0 aliphatic rings. The molecule has 0 aliphatic carbocycles. The number of nitrogens with one attached hydrogen (secondary N) is 1. The fourth-order valence-corrected chi connectivity index (χ4v) is 4.17. The molecule has 0 spiro atoms. The Kier molecular flexibility index (Phi) is 5.13. The largest absolute Gasteiger partial charge is 0.360 e. The second-order valence-electron chi connectivity index (χ2n) is 6.12. The van der Waals surface area contributed by atoms with Gasteiger partial charge in [-0.05, 0) is 57.5 Å². The Balaban J connectivity index is 1.85. The number of aryl methyl sites for hydroxylation is 3. The first-order chi connectivity index (χ1) is 12.8. The van der Waals surface area contributed by atoms with Crippen LogP contribution >= 0.6 is 0 Å². The molecule has 2 aromatic heterocycles. The van der Waals surface area contributed by atoms with E-state index >= 15 is 0 Å². The maximum Gasteiger partial charge on any atom is 0.268 e. The third-order valence-corrected chi connectivity index (χ3v) is 5.63. The van der Waals surface area contributed by atoms with Crippen LogP contribution in [-0.4, -0.2) is 30.3 Å². The van der Waals surface area contributed by atoms with Gasteiger partial charge in [-0.3, -0.25) is 4.72 Å². The second kappa shape index (κ2) is 7.36. The number of anilines is 3. The molecule has 27 heavy (non-hydrogen) atoms. The van der Waals surface area contributed by atoms with Crippen LogP contribution in [0.15, 0.2) is 45.8 Å². The summed E-state index contributed by atoms with van der Waals surface area (Å²) in [6, 6.07) is 11.4. The van der Waals surface area contributed by atoms with Crippen LogP contribution < -0.4 is 9.62 Å². The standard InChI is InChI=1S/C18H21N5O3S/c1-5-23(15-8-6-7-12(2)11-15)17-10-9-16(19-20-17)22-27(24,25)18-13(3)21-26-14(18)4/h6-11H,5H2,1-4H3,(H,19,22). The molecule has 0 atom stereocenters. The smallest absolute Gasteiger partial charge is 0.268 e. The van der Waals surface area contributed by atoms with Gasteiger partial charge in [0.05, 0.1) is 0 Å². The van der Waals surface area contributed by atoms with E-state index in [2.05, 4.69) is 26.1 Å². The SMILES string of the molecule is CCN(c1cccc(C)c1)c1ccc(NS(=O)(=O)c2c(C)noc2C)nn1. The molecule has 0 aliphatic heterocycles. The minimum Gasteiger partial charge on any atom is -0.360 e. The number of benzene rings is 1. The molecule has 0 saturated carbocycles. The number of rotatable bonds is 6. The predicted octanol–water partition coefficient (Wildman–Crippen LogP) is 3.35. The summed E-state index contributed by atoms with van der Waals surface area (Å²) in [5.74, 6) is 0.976. The van der Waals surface area contributed by atoms with Crippen molar-refractivity contribution >= 4 is 27.3 Å². The van der Waals surface area contributed by atoms with E-state index in [0.29, 0.717) is 18.1 Å². The highest BCUT2D eigenvalue weighted by Crippen LogP contribution is 2.25. The lowest BCUT2D eigenvalue weighted by atomic mass is 10.2. The van der Waals surface area contributed by atoms with Crippen LogP contribution in [-0.2, 0) is 10.0 Å². The molecule has 0 radical (unpaired) electrons. The summed E-state index contributed by atoms with van der Waals surface area (Å²) >= 11 is 0. The molecule has 0 fully saturated rings. The molecule has 2 heterocycles. The highest BCUT2D eigenvalue weighted by atomic mass is 32.2. The highest BCUT2D eigenvalue weighted by molar-refractivity contribution is 7.92. The topological polar surface area (TPSA) is 101 Å². The van der Waals surface area contributed by atoms with Crippen LogP contribution in [0.1, 0.15) is 23.9 Å². The van der Waals surface area contributed by atoms with Crippen LogP contribution in [0.3, 0.4) is 0 Å². The maximum atomic E-state index is 12.5. The monoisotopic (exact) mass is 387 g/mol. The number of hydrogen-bond donors (Lipinski definition) is 1. The van der Waals surface area contributed by atoms with Crippen molar-refractivity contribution in [3.8, 4) is 0 Å². The zero-order valence-corrected chi connectivity index (χ0v) is 16.4. The zero-order chi connectivity index (χ0) is 19.6. The van der Waals surface area contributed by atoms with E-state index in [1.807, 2.05) is 36.9 Å². The van der Waals surface area contributed by atoms with Crippen molar-refractivity contribution in [2.75, 3.05) is 16.2 Å². The van der Waals surface area contributed by atoms with Crippen molar-refractivity contribution < 1.29 is 12.9 Å². The van der Waals surface area contributed by atoms with E-state index in [9.17, 15) is 8.42 Å². The lowest BCUT2D eigenvalue weighted by Crippen LogP contribution is -2.19. The molecular formula is C18H21N5O3S. The molecule has 1 aromatic carbocycles. The van der Waals surface area contributed by atoms with E-state index in [1.54, 1.807) is 26.0 Å². The Morgan fingerprint density at radius 2 is 1.89 bits per heavy atom. The summed E-state index contributed by atoms with van der Waals surface area (Å²) in [7, 11) is -3.85. The van der Waals surface area contributed by atoms with Crippen LogP contribution in [0.5, 0.6) is 0 Å². The maximum absolute atomic E-state index is 12.5. The van der Waals surface area contributed by atoms with Crippen molar-refractivity contribution in [2.45, 2.75) is 32.6 Å². The molecule has 1 N–H and O–H groups in total. The minimum absolute atomic E-state index is 0.0170. The van der Waals surface area contributed by atoms with Gasteiger partial charge >= 0.3 is 0 Å². The molecule has 0 saturated heterocycles. The van der Waals surface area contributed by atoms with E-state index in [0.717, 1.165) is 11.3 Å². The molecule has 0 amide bonds. The van der Waals surface area contributed by atoms with Gasteiger partial charge < -0.3 is 9.42 Å². The van der Waals surface area contributed by atoms with Crippen LogP contribution in [0.2, 0.25) is 0 Å². The van der Waals surface area contributed by atoms with Crippen molar-refractivity contribution in [2.24, 2.45) is 0 Å². The first-order valence-corrected chi connectivity index (χ1v) is 9.93. The average molecular weight is 387 g/mol. The Bertz CT molecular complexity index is 1030. The van der Waals surface area contributed by atoms with E-state index in [-0.39, 0.29) is 16.5 Å². The summed E-state index contributed by atoms with van der Waals surface area (Å²) in [5.41, 5.74) is 2.43. The first-order valence-electron chi connectivity index (χ1n) is 8.45. The van der Waals surface area contributed by atoms with Crippen LogP contribution in [0.25, 0.3) is 0 Å². The lowest BCUT2D eigenvalue weighted by Gasteiger charge is -2.22. The Morgan fingerprint density at radius 1 is 1.11 bits per heavy atom. The third-order valence-electron chi connectivity index (χ3n) is 4.03. The lowest BCUT2D eigenvalue weighted by molar-refractivity contribution is 0.390. The van der Waals surface area contributed by atoms with E-state index < -0.39 is 10.0 Å². The van der Waals surface area contributed by atoms with Crippen molar-refractivity contribution in [3.05, 3.63) is 53.4 Å². The van der Waals surface area contributed by atoms with Crippen LogP contribution in [0, 0.1) is 20.8 Å². The van der Waals surface area contributed by atoms with E-state index in [1.165, 1.54) is 0 Å². The van der Waals surface area contributed by atoms with Gasteiger partial charge in [0, 0.05) is 12.2 Å². The van der Waals surface area contributed by atoms with Gasteiger partial charge in [-0.1, -0.05) is 17.3 Å². The van der Waals surface area contributed by atoms with Crippen molar-refractivity contribution in [1.82, 2.24) is 15.4 Å². The molecule has 3 rings (SSSR count). The van der Waals surface area contributed by atoms with Crippen LogP contribution in [0.4, 0.5) is 17.3 Å². The zero-order valence-electron chi connectivity index (χ0n) is 15.6. The van der Waals surface area contributed by atoms with Gasteiger partial charge in [-0.25, -0.2) is 8.42 Å². The van der Waals surface area contributed by atoms with Gasteiger partial charge in [-0.2, -0.15) is 0 Å². The van der Waals surface area contributed by atoms with Gasteiger partial charge in [0.15, 0.2) is 22.3 Å². The summed E-state index contributed by atoms with van der Waals surface area (Å²) in [6.45, 7) is 7.85. The molecule has 3 aromatic rings. The number of hydrogen-bond acceptors (Lipinski definition) is 7.